The zero-order chi connectivity index (χ0) is 15.6. The Morgan fingerprint density at radius 2 is 2.09 bits per heavy atom. The first kappa shape index (κ1) is 14.5. The standard InChI is InChI=1S/C15H18N6OS/c22-14(20-3-1-2-4-20)12-8-16-9-13(19-12)17-7-11-10-21-5-6-23-15(21)18-11/h8-10H,1-7H2,(H,17,19). The number of aromatic nitrogens is 4. The lowest BCUT2D eigenvalue weighted by atomic mass is 10.4. The molecule has 2 aromatic heterocycles. The maximum atomic E-state index is 12.3. The molecule has 23 heavy (non-hydrogen) atoms. The van der Waals surface area contributed by atoms with Crippen LogP contribution in [0.25, 0.3) is 0 Å². The van der Waals surface area contributed by atoms with Gasteiger partial charge in [-0.1, -0.05) is 11.8 Å². The molecule has 0 unspecified atom stereocenters. The molecule has 0 bridgehead atoms. The Kier molecular flexibility index (Phi) is 3.90. The molecule has 0 aliphatic carbocycles. The van der Waals surface area contributed by atoms with E-state index in [9.17, 15) is 4.79 Å². The largest absolute Gasteiger partial charge is 0.363 e. The van der Waals surface area contributed by atoms with E-state index in [2.05, 4.69) is 31.0 Å². The van der Waals surface area contributed by atoms with Gasteiger partial charge in [0.2, 0.25) is 0 Å². The van der Waals surface area contributed by atoms with Crippen molar-refractivity contribution < 1.29 is 4.79 Å². The third kappa shape index (κ3) is 3.03. The Morgan fingerprint density at radius 1 is 1.22 bits per heavy atom. The van der Waals surface area contributed by atoms with Gasteiger partial charge in [0.15, 0.2) is 5.16 Å². The fraction of sp³-hybridized carbons (Fsp3) is 0.467. The third-order valence-electron chi connectivity index (χ3n) is 4.05. The summed E-state index contributed by atoms with van der Waals surface area (Å²) in [6.07, 6.45) is 7.38. The lowest BCUT2D eigenvalue weighted by Crippen LogP contribution is -2.28. The summed E-state index contributed by atoms with van der Waals surface area (Å²) in [5.41, 5.74) is 1.38. The van der Waals surface area contributed by atoms with Gasteiger partial charge < -0.3 is 14.8 Å². The van der Waals surface area contributed by atoms with E-state index < -0.39 is 0 Å². The van der Waals surface area contributed by atoms with E-state index in [1.807, 2.05) is 4.90 Å². The first-order chi connectivity index (χ1) is 11.3. The van der Waals surface area contributed by atoms with Gasteiger partial charge in [-0.3, -0.25) is 9.78 Å². The number of carbonyl (C=O) groups excluding carboxylic acids is 1. The van der Waals surface area contributed by atoms with Crippen molar-refractivity contribution in [3.8, 4) is 0 Å². The summed E-state index contributed by atoms with van der Waals surface area (Å²) in [7, 11) is 0. The average Bonchev–Trinajstić information content (AvgIpc) is 3.29. The third-order valence-corrected chi connectivity index (χ3v) is 5.02. The van der Waals surface area contributed by atoms with Crippen molar-refractivity contribution in [3.05, 3.63) is 30.0 Å². The molecule has 2 aliphatic heterocycles. The summed E-state index contributed by atoms with van der Waals surface area (Å²) in [5, 5.41) is 4.28. The summed E-state index contributed by atoms with van der Waals surface area (Å²) in [5.74, 6) is 1.68. The number of hydrogen-bond donors (Lipinski definition) is 1. The van der Waals surface area contributed by atoms with Crippen LogP contribution in [0.2, 0.25) is 0 Å². The maximum Gasteiger partial charge on any atom is 0.274 e. The van der Waals surface area contributed by atoms with E-state index >= 15 is 0 Å². The zero-order valence-corrected chi connectivity index (χ0v) is 13.6. The fourth-order valence-electron chi connectivity index (χ4n) is 2.86. The minimum atomic E-state index is -0.0315. The van der Waals surface area contributed by atoms with Gasteiger partial charge in [-0.2, -0.15) is 0 Å². The second kappa shape index (κ2) is 6.19. The van der Waals surface area contributed by atoms with Gasteiger partial charge in [-0.15, -0.1) is 0 Å². The van der Waals surface area contributed by atoms with Crippen LogP contribution in [-0.4, -0.2) is 49.2 Å². The molecular formula is C15H18N6OS. The molecule has 7 nitrogen and oxygen atoms in total. The first-order valence-electron chi connectivity index (χ1n) is 7.83. The molecule has 120 valence electrons. The number of anilines is 1. The molecule has 4 rings (SSSR count). The highest BCUT2D eigenvalue weighted by atomic mass is 32.2. The van der Waals surface area contributed by atoms with Crippen molar-refractivity contribution in [3.63, 3.8) is 0 Å². The van der Waals surface area contributed by atoms with Crippen molar-refractivity contribution in [1.29, 1.82) is 0 Å². The lowest BCUT2D eigenvalue weighted by Gasteiger charge is -2.14. The van der Waals surface area contributed by atoms with E-state index in [1.54, 1.807) is 18.0 Å². The number of fused-ring (bicyclic) bond motifs is 1. The van der Waals surface area contributed by atoms with Crippen molar-refractivity contribution >= 4 is 23.5 Å². The lowest BCUT2D eigenvalue weighted by molar-refractivity contribution is 0.0786. The molecule has 0 aromatic carbocycles. The fourth-order valence-corrected chi connectivity index (χ4v) is 3.83. The number of nitrogens with zero attached hydrogens (tertiary/aromatic N) is 5. The van der Waals surface area contributed by atoms with Gasteiger partial charge in [0.25, 0.3) is 5.91 Å². The first-order valence-corrected chi connectivity index (χ1v) is 8.82. The van der Waals surface area contributed by atoms with Gasteiger partial charge in [0, 0.05) is 31.6 Å². The predicted octanol–water partition coefficient (Wildman–Crippen LogP) is 1.63. The zero-order valence-electron chi connectivity index (χ0n) is 12.7. The Balaban J connectivity index is 1.42. The Bertz CT molecular complexity index is 703. The number of nitrogens with one attached hydrogen (secondary N) is 1. The van der Waals surface area contributed by atoms with Crippen molar-refractivity contribution in [1.82, 2.24) is 24.4 Å². The van der Waals surface area contributed by atoms with Crippen LogP contribution >= 0.6 is 11.8 Å². The van der Waals surface area contributed by atoms with E-state index in [0.29, 0.717) is 18.1 Å². The predicted molar refractivity (Wildman–Crippen MR) is 87.4 cm³/mol. The van der Waals surface area contributed by atoms with E-state index in [-0.39, 0.29) is 5.91 Å². The molecule has 1 N–H and O–H groups in total. The monoisotopic (exact) mass is 330 g/mol. The number of aryl methyl sites for hydroxylation is 1. The summed E-state index contributed by atoms with van der Waals surface area (Å²) >= 11 is 1.78. The second-order valence-corrected chi connectivity index (χ2v) is 6.76. The van der Waals surface area contributed by atoms with Crippen LogP contribution in [0.5, 0.6) is 0 Å². The van der Waals surface area contributed by atoms with Crippen molar-refractivity contribution in [2.45, 2.75) is 31.1 Å². The van der Waals surface area contributed by atoms with Gasteiger partial charge >= 0.3 is 0 Å². The molecule has 0 saturated carbocycles. The highest BCUT2D eigenvalue weighted by Gasteiger charge is 2.21. The van der Waals surface area contributed by atoms with Crippen LogP contribution in [-0.2, 0) is 13.1 Å². The second-order valence-electron chi connectivity index (χ2n) is 5.70. The number of carbonyl (C=O) groups is 1. The van der Waals surface area contributed by atoms with Crippen LogP contribution in [0.1, 0.15) is 29.0 Å². The van der Waals surface area contributed by atoms with Gasteiger partial charge in [-0.05, 0) is 12.8 Å². The number of thioether (sulfide) groups is 1. The van der Waals surface area contributed by atoms with Crippen molar-refractivity contribution in [2.24, 2.45) is 0 Å². The molecule has 0 spiro atoms. The van der Waals surface area contributed by atoms with E-state index in [0.717, 1.165) is 49.1 Å². The summed E-state index contributed by atoms with van der Waals surface area (Å²) in [4.78, 5) is 27.3. The van der Waals surface area contributed by atoms with Crippen LogP contribution < -0.4 is 5.32 Å². The topological polar surface area (TPSA) is 75.9 Å². The summed E-state index contributed by atoms with van der Waals surface area (Å²) in [6.45, 7) is 3.23. The Hall–Kier alpha value is -2.09. The number of likely N-dealkylation sites (tertiary alicyclic amines) is 1. The Labute approximate surface area is 138 Å². The highest BCUT2D eigenvalue weighted by Crippen LogP contribution is 2.24. The minimum Gasteiger partial charge on any atom is -0.363 e. The molecule has 0 atom stereocenters. The Morgan fingerprint density at radius 3 is 2.91 bits per heavy atom. The van der Waals surface area contributed by atoms with Crippen molar-refractivity contribution in [2.75, 3.05) is 24.2 Å². The highest BCUT2D eigenvalue weighted by molar-refractivity contribution is 7.99. The molecular weight excluding hydrogens is 312 g/mol. The van der Waals surface area contributed by atoms with Crippen LogP contribution in [0.3, 0.4) is 0 Å². The number of amides is 1. The molecule has 4 heterocycles. The molecule has 2 aliphatic rings. The van der Waals surface area contributed by atoms with Crippen LogP contribution in [0.15, 0.2) is 23.7 Å². The molecule has 1 fully saturated rings. The quantitative estimate of drug-likeness (QED) is 0.918. The molecule has 1 amide bonds. The molecule has 2 aromatic rings. The molecule has 1 saturated heterocycles. The van der Waals surface area contributed by atoms with Gasteiger partial charge in [-0.25, -0.2) is 9.97 Å². The summed E-state index contributed by atoms with van der Waals surface area (Å²) in [6, 6.07) is 0. The van der Waals surface area contributed by atoms with Crippen LogP contribution in [0, 0.1) is 0 Å². The van der Waals surface area contributed by atoms with Crippen LogP contribution in [0.4, 0.5) is 5.82 Å². The van der Waals surface area contributed by atoms with E-state index in [1.165, 1.54) is 6.20 Å². The molecule has 8 heteroatoms. The SMILES string of the molecule is O=C(c1cncc(NCc2cn3c(n2)SCC3)n1)N1CCCC1. The van der Waals surface area contributed by atoms with E-state index in [4.69, 9.17) is 0 Å². The van der Waals surface area contributed by atoms with Gasteiger partial charge in [0.1, 0.15) is 11.5 Å². The number of imidazole rings is 1. The molecule has 0 radical (unpaired) electrons. The maximum absolute atomic E-state index is 12.3. The average molecular weight is 330 g/mol. The number of hydrogen-bond acceptors (Lipinski definition) is 6. The smallest absolute Gasteiger partial charge is 0.274 e. The minimum absolute atomic E-state index is 0.0315. The number of rotatable bonds is 4. The summed E-state index contributed by atoms with van der Waals surface area (Å²) < 4.78 is 2.17. The van der Waals surface area contributed by atoms with Gasteiger partial charge in [0.05, 0.1) is 24.6 Å². The normalized spacial score (nSPS) is 16.6.